The van der Waals surface area contributed by atoms with Gasteiger partial charge in [-0.05, 0) is 66.3 Å². The number of amides is 2. The van der Waals surface area contributed by atoms with E-state index in [0.29, 0.717) is 12.5 Å². The number of urea groups is 1. The summed E-state index contributed by atoms with van der Waals surface area (Å²) in [4.78, 5) is 20.4. The zero-order valence-electron chi connectivity index (χ0n) is 18.3. The predicted molar refractivity (Wildman–Crippen MR) is 124 cm³/mol. The van der Waals surface area contributed by atoms with Crippen molar-refractivity contribution in [2.45, 2.75) is 19.8 Å². The van der Waals surface area contributed by atoms with Crippen molar-refractivity contribution in [3.8, 4) is 16.9 Å². The zero-order valence-corrected chi connectivity index (χ0v) is 18.3. The Kier molecular flexibility index (Phi) is 7.00. The number of halogens is 1. The molecule has 1 saturated heterocycles. The second-order valence-electron chi connectivity index (χ2n) is 8.22. The molecule has 32 heavy (non-hydrogen) atoms. The van der Waals surface area contributed by atoms with Crippen molar-refractivity contribution in [2.75, 3.05) is 31.1 Å². The molecule has 0 radical (unpaired) electrons. The maximum absolute atomic E-state index is 13.1. The van der Waals surface area contributed by atoms with E-state index in [1.165, 1.54) is 12.1 Å². The van der Waals surface area contributed by atoms with E-state index >= 15 is 0 Å². The molecule has 1 unspecified atom stereocenters. The molecule has 1 aromatic heterocycles. The van der Waals surface area contributed by atoms with Crippen LogP contribution in [-0.4, -0.2) is 42.2 Å². The first-order valence-electron chi connectivity index (χ1n) is 11.1. The van der Waals surface area contributed by atoms with Crippen molar-refractivity contribution in [3.05, 3.63) is 78.9 Å². The molecule has 2 aromatic carbocycles. The van der Waals surface area contributed by atoms with Gasteiger partial charge in [0.05, 0.1) is 6.61 Å². The van der Waals surface area contributed by atoms with E-state index < -0.39 is 0 Å². The Bertz CT molecular complexity index is 1010. The number of hydrogen-bond acceptors (Lipinski definition) is 3. The van der Waals surface area contributed by atoms with Gasteiger partial charge in [-0.2, -0.15) is 0 Å². The molecule has 6 heteroatoms. The van der Waals surface area contributed by atoms with Gasteiger partial charge in [-0.1, -0.05) is 31.2 Å². The first-order chi connectivity index (χ1) is 15.6. The van der Waals surface area contributed by atoms with E-state index in [-0.39, 0.29) is 11.8 Å². The second kappa shape index (κ2) is 10.3. The third-order valence-corrected chi connectivity index (χ3v) is 5.76. The molecular weight excluding hydrogens is 405 g/mol. The lowest BCUT2D eigenvalue weighted by Crippen LogP contribution is -2.32. The fourth-order valence-electron chi connectivity index (χ4n) is 3.89. The van der Waals surface area contributed by atoms with Crippen molar-refractivity contribution in [1.82, 2.24) is 9.88 Å². The summed E-state index contributed by atoms with van der Waals surface area (Å²) in [5.41, 5.74) is 2.91. The summed E-state index contributed by atoms with van der Waals surface area (Å²) in [5, 5.41) is 0. The van der Waals surface area contributed by atoms with Crippen molar-refractivity contribution in [2.24, 2.45) is 5.92 Å². The monoisotopic (exact) mass is 433 g/mol. The van der Waals surface area contributed by atoms with E-state index in [9.17, 15) is 9.18 Å². The van der Waals surface area contributed by atoms with Gasteiger partial charge in [0.2, 0.25) is 0 Å². The minimum atomic E-state index is -0.233. The summed E-state index contributed by atoms with van der Waals surface area (Å²) >= 11 is 0. The first-order valence-corrected chi connectivity index (χ1v) is 11.1. The average Bonchev–Trinajstić information content (AvgIpc) is 3.19. The second-order valence-corrected chi connectivity index (χ2v) is 8.22. The summed E-state index contributed by atoms with van der Waals surface area (Å²) in [6.07, 6.45) is 5.36. The number of rotatable bonds is 9. The molecule has 0 bridgehead atoms. The maximum Gasteiger partial charge on any atom is 0.324 e. The molecule has 1 atom stereocenters. The van der Waals surface area contributed by atoms with Crippen LogP contribution in [0.15, 0.2) is 73.1 Å². The van der Waals surface area contributed by atoms with Gasteiger partial charge in [0.15, 0.2) is 0 Å². The van der Waals surface area contributed by atoms with Crippen LogP contribution < -0.4 is 9.64 Å². The maximum atomic E-state index is 13.1. The summed E-state index contributed by atoms with van der Waals surface area (Å²) in [5.74, 6) is 0.981. The number of carbonyl (C=O) groups is 1. The van der Waals surface area contributed by atoms with Crippen molar-refractivity contribution < 1.29 is 13.9 Å². The molecule has 2 heterocycles. The molecule has 0 aliphatic carbocycles. The standard InChI is InChI=1S/C26H28FN3O2/c1-20(3-2-16-29-17-18-30(26(29)31)24-12-14-28-15-13-24)19-32-25-10-6-22(7-11-25)21-4-8-23(27)9-5-21/h4-15,20H,2-3,16-19H2,1H3. The highest BCUT2D eigenvalue weighted by molar-refractivity contribution is 5.93. The highest BCUT2D eigenvalue weighted by Gasteiger charge is 2.28. The van der Waals surface area contributed by atoms with Crippen molar-refractivity contribution in [3.63, 3.8) is 0 Å². The van der Waals surface area contributed by atoms with Crippen molar-refractivity contribution >= 4 is 11.7 Å². The molecule has 4 rings (SSSR count). The number of pyridine rings is 1. The first kappa shape index (κ1) is 21.8. The van der Waals surface area contributed by atoms with Crippen molar-refractivity contribution in [1.29, 1.82) is 0 Å². The van der Waals surface area contributed by atoms with Crippen LogP contribution in [-0.2, 0) is 0 Å². The summed E-state index contributed by atoms with van der Waals surface area (Å²) in [7, 11) is 0. The topological polar surface area (TPSA) is 45.7 Å². The average molecular weight is 434 g/mol. The van der Waals surface area contributed by atoms with Gasteiger partial charge in [0.1, 0.15) is 11.6 Å². The Balaban J connectivity index is 1.18. The minimum absolute atomic E-state index is 0.0707. The minimum Gasteiger partial charge on any atom is -0.493 e. The smallest absolute Gasteiger partial charge is 0.324 e. The van der Waals surface area contributed by atoms with Gasteiger partial charge < -0.3 is 9.64 Å². The van der Waals surface area contributed by atoms with Crippen LogP contribution in [0.5, 0.6) is 5.75 Å². The number of aromatic nitrogens is 1. The molecule has 166 valence electrons. The van der Waals surface area contributed by atoms with Crippen LogP contribution >= 0.6 is 0 Å². The van der Waals surface area contributed by atoms with Crippen LogP contribution in [0.1, 0.15) is 19.8 Å². The van der Waals surface area contributed by atoms with E-state index in [1.807, 2.05) is 46.2 Å². The Morgan fingerprint density at radius 1 is 0.969 bits per heavy atom. The Labute approximate surface area is 188 Å². The van der Waals surface area contributed by atoms with Crippen LogP contribution in [0.3, 0.4) is 0 Å². The van der Waals surface area contributed by atoms with E-state index in [4.69, 9.17) is 4.74 Å². The quantitative estimate of drug-likeness (QED) is 0.440. The molecule has 1 fully saturated rings. The lowest BCUT2D eigenvalue weighted by atomic mass is 10.1. The zero-order chi connectivity index (χ0) is 22.3. The highest BCUT2D eigenvalue weighted by atomic mass is 19.1. The van der Waals surface area contributed by atoms with Crippen LogP contribution in [0.4, 0.5) is 14.9 Å². The lowest BCUT2D eigenvalue weighted by Gasteiger charge is -2.19. The molecule has 5 nitrogen and oxygen atoms in total. The van der Waals surface area contributed by atoms with Crippen LogP contribution in [0.25, 0.3) is 11.1 Å². The van der Waals surface area contributed by atoms with Crippen LogP contribution in [0, 0.1) is 11.7 Å². The Morgan fingerprint density at radius 2 is 1.62 bits per heavy atom. The van der Waals surface area contributed by atoms with Gasteiger partial charge in [-0.15, -0.1) is 0 Å². The largest absolute Gasteiger partial charge is 0.493 e. The fourth-order valence-corrected chi connectivity index (χ4v) is 3.89. The number of benzene rings is 2. The normalized spacial score (nSPS) is 14.6. The van der Waals surface area contributed by atoms with E-state index in [2.05, 4.69) is 11.9 Å². The summed E-state index contributed by atoms with van der Waals surface area (Å²) in [6, 6.07) is 18.2. The molecule has 1 aliphatic rings. The summed E-state index contributed by atoms with van der Waals surface area (Å²) < 4.78 is 19.0. The number of ether oxygens (including phenoxy) is 1. The van der Waals surface area contributed by atoms with E-state index in [0.717, 1.165) is 55.0 Å². The number of hydrogen-bond donors (Lipinski definition) is 0. The molecule has 0 saturated carbocycles. The predicted octanol–water partition coefficient (Wildman–Crippen LogP) is 5.63. The van der Waals surface area contributed by atoms with Gasteiger partial charge >= 0.3 is 6.03 Å². The number of nitrogens with zero attached hydrogens (tertiary/aromatic N) is 3. The molecule has 2 amide bonds. The van der Waals surface area contributed by atoms with Gasteiger partial charge in [0.25, 0.3) is 0 Å². The van der Waals surface area contributed by atoms with E-state index in [1.54, 1.807) is 24.5 Å². The molecule has 1 aliphatic heterocycles. The third kappa shape index (κ3) is 5.44. The molecule has 0 spiro atoms. The third-order valence-electron chi connectivity index (χ3n) is 5.76. The molecule has 0 N–H and O–H groups in total. The Hall–Kier alpha value is -3.41. The lowest BCUT2D eigenvalue weighted by molar-refractivity contribution is 0.214. The Morgan fingerprint density at radius 3 is 2.31 bits per heavy atom. The van der Waals surface area contributed by atoms with Gasteiger partial charge in [0, 0.05) is 37.7 Å². The van der Waals surface area contributed by atoms with Gasteiger partial charge in [-0.25, -0.2) is 9.18 Å². The fraction of sp³-hybridized carbons (Fsp3) is 0.308. The highest BCUT2D eigenvalue weighted by Crippen LogP contribution is 2.24. The van der Waals surface area contributed by atoms with Crippen LogP contribution in [0.2, 0.25) is 0 Å². The number of anilines is 1. The molecular formula is C26H28FN3O2. The summed E-state index contributed by atoms with van der Waals surface area (Å²) in [6.45, 7) is 5.04. The number of carbonyl (C=O) groups excluding carboxylic acids is 1. The van der Waals surface area contributed by atoms with Gasteiger partial charge in [-0.3, -0.25) is 9.88 Å². The molecule has 3 aromatic rings. The SMILES string of the molecule is CC(CCCN1CCN(c2ccncc2)C1=O)COc1ccc(-c2ccc(F)cc2)cc1.